The Kier molecular flexibility index (Phi) is 5.67. The van der Waals surface area contributed by atoms with Crippen molar-refractivity contribution in [3.63, 3.8) is 0 Å². The predicted octanol–water partition coefficient (Wildman–Crippen LogP) is 3.14. The quantitative estimate of drug-likeness (QED) is 0.630. The maximum atomic E-state index is 6.20. The first-order valence-corrected chi connectivity index (χ1v) is 9.04. The summed E-state index contributed by atoms with van der Waals surface area (Å²) in [4.78, 5) is 6.92. The summed E-state index contributed by atoms with van der Waals surface area (Å²) in [6.07, 6.45) is 4.07. The molecule has 0 bridgehead atoms. The number of hydrogen-bond acceptors (Lipinski definition) is 2. The second-order valence-electron chi connectivity index (χ2n) is 6.42. The predicted molar refractivity (Wildman–Crippen MR) is 97.4 cm³/mol. The molecule has 1 unspecified atom stereocenters. The molecule has 6 heteroatoms. The van der Waals surface area contributed by atoms with Crippen molar-refractivity contribution in [1.29, 1.82) is 0 Å². The van der Waals surface area contributed by atoms with E-state index in [2.05, 4.69) is 20.5 Å². The van der Waals surface area contributed by atoms with Crippen LogP contribution < -0.4 is 10.6 Å². The van der Waals surface area contributed by atoms with Gasteiger partial charge in [0.25, 0.3) is 0 Å². The molecular weight excluding hydrogens is 331 g/mol. The normalized spacial score (nSPS) is 22.4. The van der Waals surface area contributed by atoms with Crippen LogP contribution in [0.15, 0.2) is 23.2 Å². The summed E-state index contributed by atoms with van der Waals surface area (Å²) >= 11 is 12.1. The summed E-state index contributed by atoms with van der Waals surface area (Å²) in [5, 5.41) is 8.08. The first-order valence-electron chi connectivity index (χ1n) is 8.28. The first-order chi connectivity index (χ1) is 11.2. The van der Waals surface area contributed by atoms with E-state index in [1.54, 1.807) is 13.1 Å². The van der Waals surface area contributed by atoms with E-state index in [0.29, 0.717) is 22.5 Å². The molecule has 1 saturated heterocycles. The van der Waals surface area contributed by atoms with Crippen LogP contribution in [0, 0.1) is 5.92 Å². The van der Waals surface area contributed by atoms with Crippen LogP contribution in [0.4, 0.5) is 0 Å². The smallest absolute Gasteiger partial charge is 0.191 e. The minimum atomic E-state index is 0.633. The van der Waals surface area contributed by atoms with Crippen LogP contribution in [0.25, 0.3) is 0 Å². The molecule has 2 fully saturated rings. The number of hydrogen-bond donors (Lipinski definition) is 2. The third-order valence-electron chi connectivity index (χ3n) is 4.62. The third kappa shape index (κ3) is 4.75. The second kappa shape index (κ2) is 7.73. The van der Waals surface area contributed by atoms with Gasteiger partial charge in [-0.25, -0.2) is 0 Å². The maximum Gasteiger partial charge on any atom is 0.191 e. The van der Waals surface area contributed by atoms with E-state index >= 15 is 0 Å². The van der Waals surface area contributed by atoms with Gasteiger partial charge in [-0.15, -0.1) is 0 Å². The lowest BCUT2D eigenvalue weighted by Crippen LogP contribution is -2.40. The van der Waals surface area contributed by atoms with E-state index in [1.165, 1.54) is 32.4 Å². The van der Waals surface area contributed by atoms with Crippen molar-refractivity contribution in [2.24, 2.45) is 10.9 Å². The highest BCUT2D eigenvalue weighted by atomic mass is 35.5. The molecule has 1 aliphatic carbocycles. The van der Waals surface area contributed by atoms with E-state index in [9.17, 15) is 0 Å². The van der Waals surface area contributed by atoms with E-state index in [4.69, 9.17) is 23.2 Å². The Bertz CT molecular complexity index is 572. The molecule has 1 saturated carbocycles. The van der Waals surface area contributed by atoms with Crippen molar-refractivity contribution < 1.29 is 0 Å². The largest absolute Gasteiger partial charge is 0.356 e. The fraction of sp³-hybridized carbons (Fsp3) is 0.588. The average Bonchev–Trinajstić information content (AvgIpc) is 3.28. The zero-order chi connectivity index (χ0) is 16.2. The van der Waals surface area contributed by atoms with Gasteiger partial charge in [0.2, 0.25) is 0 Å². The van der Waals surface area contributed by atoms with Gasteiger partial charge in [-0.1, -0.05) is 29.3 Å². The molecule has 1 aromatic rings. The zero-order valence-corrected chi connectivity index (χ0v) is 15.0. The molecule has 0 spiro atoms. The number of rotatable bonds is 5. The Morgan fingerprint density at radius 3 is 2.78 bits per heavy atom. The standard InChI is InChI=1S/C17H24Cl2N4/c1-20-17(22-10-13-2-3-14(18)8-16(13)19)21-9-12-6-7-23(11-12)15-4-5-15/h2-3,8,12,15H,4-7,9-11H2,1H3,(H2,20,21,22). The second-order valence-corrected chi connectivity index (χ2v) is 7.27. The van der Waals surface area contributed by atoms with Crippen LogP contribution in [0.3, 0.4) is 0 Å². The van der Waals surface area contributed by atoms with Crippen molar-refractivity contribution in [3.8, 4) is 0 Å². The van der Waals surface area contributed by atoms with Gasteiger partial charge in [-0.05, 0) is 49.4 Å². The number of guanidine groups is 1. The van der Waals surface area contributed by atoms with Crippen molar-refractivity contribution in [2.45, 2.75) is 31.8 Å². The molecule has 2 aliphatic rings. The Morgan fingerprint density at radius 2 is 2.09 bits per heavy atom. The summed E-state index contributed by atoms with van der Waals surface area (Å²) in [5.41, 5.74) is 1.01. The number of nitrogens with zero attached hydrogens (tertiary/aromatic N) is 2. The molecule has 3 rings (SSSR count). The van der Waals surface area contributed by atoms with Gasteiger partial charge in [0, 0.05) is 42.8 Å². The molecule has 23 heavy (non-hydrogen) atoms. The zero-order valence-electron chi connectivity index (χ0n) is 13.5. The van der Waals surface area contributed by atoms with E-state index in [1.807, 2.05) is 12.1 Å². The lowest BCUT2D eigenvalue weighted by Gasteiger charge is -2.17. The highest BCUT2D eigenvalue weighted by Gasteiger charge is 2.34. The van der Waals surface area contributed by atoms with Gasteiger partial charge in [-0.3, -0.25) is 4.99 Å². The topological polar surface area (TPSA) is 39.7 Å². The number of aliphatic imine (C=N–C) groups is 1. The lowest BCUT2D eigenvalue weighted by atomic mass is 10.1. The number of halogens is 2. The Balaban J connectivity index is 1.43. The average molecular weight is 355 g/mol. The molecular formula is C17H24Cl2N4. The Morgan fingerprint density at radius 1 is 1.26 bits per heavy atom. The van der Waals surface area contributed by atoms with Gasteiger partial charge in [0.05, 0.1) is 0 Å². The van der Waals surface area contributed by atoms with Gasteiger partial charge >= 0.3 is 0 Å². The summed E-state index contributed by atoms with van der Waals surface area (Å²) in [7, 11) is 1.80. The fourth-order valence-electron chi connectivity index (χ4n) is 3.11. The molecule has 2 N–H and O–H groups in total. The fourth-order valence-corrected chi connectivity index (χ4v) is 3.58. The molecule has 1 aliphatic heterocycles. The molecule has 126 valence electrons. The van der Waals surface area contributed by atoms with Gasteiger partial charge in [-0.2, -0.15) is 0 Å². The molecule has 1 atom stereocenters. The summed E-state index contributed by atoms with van der Waals surface area (Å²) in [5.74, 6) is 1.54. The minimum absolute atomic E-state index is 0.633. The van der Waals surface area contributed by atoms with Crippen molar-refractivity contribution in [1.82, 2.24) is 15.5 Å². The van der Waals surface area contributed by atoms with Crippen LogP contribution in [-0.4, -0.2) is 43.6 Å². The van der Waals surface area contributed by atoms with Crippen molar-refractivity contribution in [3.05, 3.63) is 33.8 Å². The third-order valence-corrected chi connectivity index (χ3v) is 5.21. The highest BCUT2D eigenvalue weighted by Crippen LogP contribution is 2.31. The number of likely N-dealkylation sites (tertiary alicyclic amines) is 1. The van der Waals surface area contributed by atoms with Crippen LogP contribution in [0.1, 0.15) is 24.8 Å². The molecule has 0 aromatic heterocycles. The SMILES string of the molecule is CN=C(NCc1ccc(Cl)cc1Cl)NCC1CCN(C2CC2)C1. The first kappa shape index (κ1) is 16.9. The Hall–Kier alpha value is -0.970. The number of benzene rings is 1. The van der Waals surface area contributed by atoms with E-state index in [-0.39, 0.29) is 0 Å². The van der Waals surface area contributed by atoms with Gasteiger partial charge in [0.15, 0.2) is 5.96 Å². The van der Waals surface area contributed by atoms with Crippen molar-refractivity contribution in [2.75, 3.05) is 26.7 Å². The van der Waals surface area contributed by atoms with Crippen LogP contribution in [-0.2, 0) is 6.54 Å². The summed E-state index contributed by atoms with van der Waals surface area (Å²) < 4.78 is 0. The molecule has 0 radical (unpaired) electrons. The lowest BCUT2D eigenvalue weighted by molar-refractivity contribution is 0.314. The van der Waals surface area contributed by atoms with Crippen molar-refractivity contribution >= 4 is 29.2 Å². The monoisotopic (exact) mass is 354 g/mol. The van der Waals surface area contributed by atoms with Crippen LogP contribution in [0.2, 0.25) is 10.0 Å². The van der Waals surface area contributed by atoms with Crippen LogP contribution >= 0.6 is 23.2 Å². The maximum absolute atomic E-state index is 6.20. The highest BCUT2D eigenvalue weighted by molar-refractivity contribution is 6.35. The molecule has 0 amide bonds. The molecule has 4 nitrogen and oxygen atoms in total. The van der Waals surface area contributed by atoms with E-state index < -0.39 is 0 Å². The Labute approximate surface area is 148 Å². The molecule has 1 aromatic carbocycles. The van der Waals surface area contributed by atoms with Gasteiger partial charge in [0.1, 0.15) is 0 Å². The number of nitrogens with one attached hydrogen (secondary N) is 2. The minimum Gasteiger partial charge on any atom is -0.356 e. The summed E-state index contributed by atoms with van der Waals surface area (Å²) in [6, 6.07) is 6.44. The van der Waals surface area contributed by atoms with E-state index in [0.717, 1.165) is 24.1 Å². The molecule has 1 heterocycles. The van der Waals surface area contributed by atoms with Crippen LogP contribution in [0.5, 0.6) is 0 Å². The van der Waals surface area contributed by atoms with Gasteiger partial charge < -0.3 is 15.5 Å². The summed E-state index contributed by atoms with van der Waals surface area (Å²) in [6.45, 7) is 4.08.